The van der Waals surface area contributed by atoms with Crippen LogP contribution in [0.2, 0.25) is 0 Å². The van der Waals surface area contributed by atoms with Gasteiger partial charge in [0.25, 0.3) is 0 Å². The number of aromatic nitrogens is 3. The molecule has 1 aliphatic carbocycles. The van der Waals surface area contributed by atoms with Crippen molar-refractivity contribution in [2.45, 2.75) is 45.6 Å². The third-order valence-electron chi connectivity index (χ3n) is 4.59. The molecule has 5 heteroatoms. The molecule has 0 bridgehead atoms. The summed E-state index contributed by atoms with van der Waals surface area (Å²) in [6, 6.07) is 3.92. The molecule has 0 aromatic carbocycles. The Morgan fingerprint density at radius 2 is 2.13 bits per heavy atom. The highest BCUT2D eigenvalue weighted by Gasteiger charge is 2.20. The van der Waals surface area contributed by atoms with Crippen LogP contribution in [0.15, 0.2) is 30.7 Å². The molecule has 2 aromatic heterocycles. The molecular weight excluding hydrogens is 288 g/mol. The lowest BCUT2D eigenvalue weighted by Crippen LogP contribution is -2.34. The first kappa shape index (κ1) is 15.7. The summed E-state index contributed by atoms with van der Waals surface area (Å²) in [7, 11) is 0. The molecule has 1 N–H and O–H groups in total. The average Bonchev–Trinajstić information content (AvgIpc) is 2.97. The number of hydrogen-bond donors (Lipinski definition) is 1. The van der Waals surface area contributed by atoms with Gasteiger partial charge in [-0.3, -0.25) is 9.78 Å². The summed E-state index contributed by atoms with van der Waals surface area (Å²) in [6.07, 6.45) is 11.2. The number of carbonyl (C=O) groups excluding carboxylic acids is 1. The third kappa shape index (κ3) is 3.78. The van der Waals surface area contributed by atoms with E-state index in [-0.39, 0.29) is 11.8 Å². The van der Waals surface area contributed by atoms with Crippen molar-refractivity contribution in [2.75, 3.05) is 6.54 Å². The van der Waals surface area contributed by atoms with Crippen LogP contribution in [0.3, 0.4) is 0 Å². The van der Waals surface area contributed by atoms with Crippen LogP contribution in [0, 0.1) is 12.8 Å². The van der Waals surface area contributed by atoms with Crippen LogP contribution < -0.4 is 5.32 Å². The Kier molecular flexibility index (Phi) is 5.05. The Balaban J connectivity index is 1.60. The van der Waals surface area contributed by atoms with Crippen molar-refractivity contribution < 1.29 is 4.79 Å². The van der Waals surface area contributed by atoms with Crippen molar-refractivity contribution in [3.05, 3.63) is 36.4 Å². The van der Waals surface area contributed by atoms with Crippen molar-refractivity contribution in [1.29, 1.82) is 0 Å². The standard InChI is InChI=1S/C18H24N4O/c1-14-12-21-17(16-8-5-9-19-13-16)22(14)11-10-20-18(23)15-6-3-2-4-7-15/h5,8-9,12-13,15H,2-4,6-7,10-11H2,1H3,(H,20,23). The molecule has 0 spiro atoms. The topological polar surface area (TPSA) is 59.8 Å². The number of rotatable bonds is 5. The predicted molar refractivity (Wildman–Crippen MR) is 89.8 cm³/mol. The fourth-order valence-corrected chi connectivity index (χ4v) is 3.27. The van der Waals surface area contributed by atoms with E-state index < -0.39 is 0 Å². The van der Waals surface area contributed by atoms with Gasteiger partial charge in [0.05, 0.1) is 0 Å². The van der Waals surface area contributed by atoms with E-state index in [1.54, 1.807) is 6.20 Å². The van der Waals surface area contributed by atoms with Crippen molar-refractivity contribution in [1.82, 2.24) is 19.9 Å². The van der Waals surface area contributed by atoms with Gasteiger partial charge in [-0.2, -0.15) is 0 Å². The monoisotopic (exact) mass is 312 g/mol. The molecular formula is C18H24N4O. The van der Waals surface area contributed by atoms with Gasteiger partial charge in [-0.15, -0.1) is 0 Å². The second kappa shape index (κ2) is 7.40. The van der Waals surface area contributed by atoms with Gasteiger partial charge in [-0.25, -0.2) is 4.98 Å². The molecule has 1 saturated carbocycles. The molecule has 2 heterocycles. The summed E-state index contributed by atoms with van der Waals surface area (Å²) in [5.41, 5.74) is 2.09. The molecule has 0 saturated heterocycles. The molecule has 1 fully saturated rings. The van der Waals surface area contributed by atoms with Gasteiger partial charge in [0.15, 0.2) is 0 Å². The van der Waals surface area contributed by atoms with Crippen LogP contribution in [0.1, 0.15) is 37.8 Å². The van der Waals surface area contributed by atoms with Crippen LogP contribution >= 0.6 is 0 Å². The predicted octanol–water partition coefficient (Wildman–Crippen LogP) is 2.95. The number of imidazole rings is 1. The minimum atomic E-state index is 0.213. The van der Waals surface area contributed by atoms with Crippen LogP contribution in [0.25, 0.3) is 11.4 Å². The lowest BCUT2D eigenvalue weighted by Gasteiger charge is -2.21. The largest absolute Gasteiger partial charge is 0.354 e. The van der Waals surface area contributed by atoms with Gasteiger partial charge in [0, 0.05) is 48.9 Å². The molecule has 0 atom stereocenters. The van der Waals surface area contributed by atoms with Crippen LogP contribution in [0.5, 0.6) is 0 Å². The van der Waals surface area contributed by atoms with Crippen LogP contribution in [-0.4, -0.2) is 27.0 Å². The zero-order chi connectivity index (χ0) is 16.1. The molecule has 1 amide bonds. The minimum Gasteiger partial charge on any atom is -0.354 e. The molecule has 0 aliphatic heterocycles. The Hall–Kier alpha value is -2.17. The first-order chi connectivity index (χ1) is 11.3. The number of hydrogen-bond acceptors (Lipinski definition) is 3. The van der Waals surface area contributed by atoms with Gasteiger partial charge < -0.3 is 9.88 Å². The number of pyridine rings is 1. The van der Waals surface area contributed by atoms with E-state index in [0.29, 0.717) is 6.54 Å². The summed E-state index contributed by atoms with van der Waals surface area (Å²) in [5, 5.41) is 3.09. The number of nitrogens with one attached hydrogen (secondary N) is 1. The third-order valence-corrected chi connectivity index (χ3v) is 4.59. The van der Waals surface area contributed by atoms with Gasteiger partial charge in [0.2, 0.25) is 5.91 Å². The van der Waals surface area contributed by atoms with Gasteiger partial charge in [-0.05, 0) is 31.9 Å². The van der Waals surface area contributed by atoms with Crippen molar-refractivity contribution >= 4 is 5.91 Å². The lowest BCUT2D eigenvalue weighted by atomic mass is 9.89. The smallest absolute Gasteiger partial charge is 0.223 e. The summed E-state index contributed by atoms with van der Waals surface area (Å²) >= 11 is 0. The highest BCUT2D eigenvalue weighted by Crippen LogP contribution is 2.23. The van der Waals surface area contributed by atoms with Crippen LogP contribution in [0.4, 0.5) is 0 Å². The SMILES string of the molecule is Cc1cnc(-c2cccnc2)n1CCNC(=O)C1CCCCC1. The van der Waals surface area contributed by atoms with E-state index >= 15 is 0 Å². The van der Waals surface area contributed by atoms with E-state index in [2.05, 4.69) is 19.9 Å². The highest BCUT2D eigenvalue weighted by molar-refractivity contribution is 5.78. The Morgan fingerprint density at radius 3 is 2.87 bits per heavy atom. The molecule has 23 heavy (non-hydrogen) atoms. The second-order valence-electron chi connectivity index (χ2n) is 6.24. The van der Waals surface area contributed by atoms with Crippen molar-refractivity contribution in [3.8, 4) is 11.4 Å². The molecule has 0 radical (unpaired) electrons. The Bertz CT molecular complexity index is 644. The molecule has 1 aliphatic rings. The minimum absolute atomic E-state index is 0.213. The first-order valence-electron chi connectivity index (χ1n) is 8.46. The van der Waals surface area contributed by atoms with Gasteiger partial charge in [0.1, 0.15) is 5.82 Å². The highest BCUT2D eigenvalue weighted by atomic mass is 16.1. The number of carbonyl (C=O) groups is 1. The fraction of sp³-hybridized carbons (Fsp3) is 0.500. The van der Waals surface area contributed by atoms with Crippen molar-refractivity contribution in [2.24, 2.45) is 5.92 Å². The van der Waals surface area contributed by atoms with E-state index in [4.69, 9.17) is 0 Å². The van der Waals surface area contributed by atoms with Crippen LogP contribution in [-0.2, 0) is 11.3 Å². The van der Waals surface area contributed by atoms with E-state index in [0.717, 1.165) is 36.5 Å². The summed E-state index contributed by atoms with van der Waals surface area (Å²) in [5.74, 6) is 1.33. The molecule has 122 valence electrons. The van der Waals surface area contributed by atoms with E-state index in [9.17, 15) is 4.79 Å². The maximum atomic E-state index is 12.2. The molecule has 3 rings (SSSR count). The maximum Gasteiger partial charge on any atom is 0.223 e. The first-order valence-corrected chi connectivity index (χ1v) is 8.46. The second-order valence-corrected chi connectivity index (χ2v) is 6.24. The molecule has 0 unspecified atom stereocenters. The number of aryl methyl sites for hydroxylation is 1. The normalized spacial score (nSPS) is 15.5. The number of amides is 1. The van der Waals surface area contributed by atoms with Gasteiger partial charge >= 0.3 is 0 Å². The summed E-state index contributed by atoms with van der Waals surface area (Å²) in [4.78, 5) is 20.9. The number of nitrogens with zero attached hydrogens (tertiary/aromatic N) is 3. The van der Waals surface area contributed by atoms with Crippen molar-refractivity contribution in [3.63, 3.8) is 0 Å². The summed E-state index contributed by atoms with van der Waals surface area (Å²) in [6.45, 7) is 3.41. The fourth-order valence-electron chi connectivity index (χ4n) is 3.27. The van der Waals surface area contributed by atoms with E-state index in [1.807, 2.05) is 31.5 Å². The van der Waals surface area contributed by atoms with Gasteiger partial charge in [-0.1, -0.05) is 19.3 Å². The summed E-state index contributed by atoms with van der Waals surface area (Å²) < 4.78 is 2.14. The average molecular weight is 312 g/mol. The lowest BCUT2D eigenvalue weighted by molar-refractivity contribution is -0.125. The zero-order valence-electron chi connectivity index (χ0n) is 13.7. The maximum absolute atomic E-state index is 12.2. The van der Waals surface area contributed by atoms with E-state index in [1.165, 1.54) is 19.3 Å². The Labute approximate surface area is 137 Å². The molecule has 2 aromatic rings. The Morgan fingerprint density at radius 1 is 1.30 bits per heavy atom. The quantitative estimate of drug-likeness (QED) is 0.923. The zero-order valence-corrected chi connectivity index (χ0v) is 13.7. The molecule has 5 nitrogen and oxygen atoms in total.